The van der Waals surface area contributed by atoms with Gasteiger partial charge in [0.25, 0.3) is 0 Å². The minimum atomic E-state index is -0.918. The van der Waals surface area contributed by atoms with Crippen LogP contribution in [0.4, 0.5) is 4.79 Å². The van der Waals surface area contributed by atoms with Crippen LogP contribution in [-0.4, -0.2) is 58.5 Å². The highest BCUT2D eigenvalue weighted by molar-refractivity contribution is 7.07. The van der Waals surface area contributed by atoms with Gasteiger partial charge >= 0.3 is 12.0 Å². The number of aliphatic carboxylic acids is 1. The highest BCUT2D eigenvalue weighted by Crippen LogP contribution is 2.57. The molecule has 1 unspecified atom stereocenters. The summed E-state index contributed by atoms with van der Waals surface area (Å²) in [6, 6.07) is 2.12. The zero-order valence-electron chi connectivity index (χ0n) is 14.9. The van der Waals surface area contributed by atoms with Gasteiger partial charge in [0, 0.05) is 39.1 Å². The van der Waals surface area contributed by atoms with Crippen molar-refractivity contribution in [2.45, 2.75) is 45.2 Å². The fourth-order valence-corrected chi connectivity index (χ4v) is 4.53. The van der Waals surface area contributed by atoms with Gasteiger partial charge in [-0.3, -0.25) is 9.59 Å². The second-order valence-electron chi connectivity index (χ2n) is 7.22. The summed E-state index contributed by atoms with van der Waals surface area (Å²) in [5, 5.41) is 15.4. The van der Waals surface area contributed by atoms with E-state index < -0.39 is 5.97 Å². The molecule has 1 aliphatic carbocycles. The highest BCUT2D eigenvalue weighted by Gasteiger charge is 2.58. The molecule has 8 heteroatoms. The van der Waals surface area contributed by atoms with Crippen LogP contribution in [0.2, 0.25) is 0 Å². The Labute approximate surface area is 157 Å². The van der Waals surface area contributed by atoms with Gasteiger partial charge in [0.15, 0.2) is 0 Å². The van der Waals surface area contributed by atoms with Crippen molar-refractivity contribution in [3.05, 3.63) is 22.4 Å². The van der Waals surface area contributed by atoms with Gasteiger partial charge in [0.05, 0.1) is 6.42 Å². The van der Waals surface area contributed by atoms with Crippen molar-refractivity contribution in [3.63, 3.8) is 0 Å². The third kappa shape index (κ3) is 4.17. The van der Waals surface area contributed by atoms with Gasteiger partial charge in [-0.1, -0.05) is 0 Å². The number of piperidine rings is 1. The lowest BCUT2D eigenvalue weighted by molar-refractivity contribution is -0.137. The zero-order valence-corrected chi connectivity index (χ0v) is 15.8. The summed E-state index contributed by atoms with van der Waals surface area (Å²) < 4.78 is 0. The van der Waals surface area contributed by atoms with Gasteiger partial charge in [-0.15, -0.1) is 0 Å². The summed E-state index contributed by atoms with van der Waals surface area (Å²) in [7, 11) is 0. The van der Waals surface area contributed by atoms with Crippen molar-refractivity contribution in [3.8, 4) is 0 Å². The van der Waals surface area contributed by atoms with E-state index in [1.165, 1.54) is 5.56 Å². The number of carbonyl (C=O) groups excluding carboxylic acids is 2. The summed E-state index contributed by atoms with van der Waals surface area (Å²) in [6.45, 7) is 3.74. The van der Waals surface area contributed by atoms with E-state index in [1.807, 2.05) is 10.3 Å². The molecule has 26 heavy (non-hydrogen) atoms. The minimum absolute atomic E-state index is 0.0677. The number of carboxylic acid groups (broad SMARTS) is 1. The molecule has 1 aliphatic heterocycles. The summed E-state index contributed by atoms with van der Waals surface area (Å²) in [5.41, 5.74) is 1.31. The molecule has 1 saturated carbocycles. The smallest absolute Gasteiger partial charge is 0.317 e. The number of nitrogens with one attached hydrogen (secondary N) is 1. The third-order valence-corrected chi connectivity index (χ3v) is 6.25. The number of urea groups is 1. The van der Waals surface area contributed by atoms with Crippen molar-refractivity contribution < 1.29 is 19.5 Å². The van der Waals surface area contributed by atoms with E-state index in [2.05, 4.69) is 16.8 Å². The van der Waals surface area contributed by atoms with Crippen molar-refractivity contribution in [1.82, 2.24) is 15.1 Å². The molecule has 3 rings (SSSR count). The maximum Gasteiger partial charge on any atom is 0.317 e. The Hall–Kier alpha value is -2.09. The molecular weight excluding hydrogens is 354 g/mol. The van der Waals surface area contributed by atoms with Gasteiger partial charge in [0.2, 0.25) is 5.91 Å². The molecule has 2 heterocycles. The molecular formula is C18H25N3O4S. The Morgan fingerprint density at radius 2 is 2.12 bits per heavy atom. The SMILES string of the molecule is CC(=O)N(Cc1ccsc1)C1CC12CCN(C(=O)NCCC(=O)O)CC2. The molecule has 0 bridgehead atoms. The van der Waals surface area contributed by atoms with E-state index in [1.54, 1.807) is 23.2 Å². The first-order chi connectivity index (χ1) is 12.4. The molecule has 142 valence electrons. The molecule has 2 fully saturated rings. The maximum absolute atomic E-state index is 12.1. The van der Waals surface area contributed by atoms with Gasteiger partial charge in [0.1, 0.15) is 0 Å². The van der Waals surface area contributed by atoms with E-state index in [0.29, 0.717) is 19.6 Å². The van der Waals surface area contributed by atoms with E-state index in [9.17, 15) is 14.4 Å². The van der Waals surface area contributed by atoms with Gasteiger partial charge in [-0.25, -0.2) is 4.79 Å². The van der Waals surface area contributed by atoms with E-state index in [-0.39, 0.29) is 36.4 Å². The number of carbonyl (C=O) groups is 3. The molecule has 1 aromatic rings. The number of hydrogen-bond donors (Lipinski definition) is 2. The number of thiophene rings is 1. The molecule has 1 aromatic heterocycles. The van der Waals surface area contributed by atoms with Gasteiger partial charge in [-0.2, -0.15) is 11.3 Å². The lowest BCUT2D eigenvalue weighted by Crippen LogP contribution is -2.46. The lowest BCUT2D eigenvalue weighted by atomic mass is 9.92. The molecule has 2 N–H and O–H groups in total. The number of hydrogen-bond acceptors (Lipinski definition) is 4. The topological polar surface area (TPSA) is 90.0 Å². The number of rotatable bonds is 6. The van der Waals surface area contributed by atoms with Crippen molar-refractivity contribution in [2.24, 2.45) is 5.41 Å². The Kier molecular flexibility index (Phi) is 5.50. The Morgan fingerprint density at radius 1 is 1.38 bits per heavy atom. The predicted molar refractivity (Wildman–Crippen MR) is 97.8 cm³/mol. The van der Waals surface area contributed by atoms with Gasteiger partial charge in [-0.05, 0) is 47.1 Å². The quantitative estimate of drug-likeness (QED) is 0.792. The zero-order chi connectivity index (χ0) is 18.7. The number of nitrogens with zero attached hydrogens (tertiary/aromatic N) is 2. The first-order valence-electron chi connectivity index (χ1n) is 8.94. The summed E-state index contributed by atoms with van der Waals surface area (Å²) in [4.78, 5) is 38.5. The first kappa shape index (κ1) is 18.7. The third-order valence-electron chi connectivity index (χ3n) is 5.52. The fourth-order valence-electron chi connectivity index (χ4n) is 3.87. The van der Waals surface area contributed by atoms with Crippen LogP contribution in [0.15, 0.2) is 16.8 Å². The Morgan fingerprint density at radius 3 is 2.69 bits per heavy atom. The van der Waals surface area contributed by atoms with Crippen LogP contribution in [0.5, 0.6) is 0 Å². The average Bonchev–Trinajstić information content (AvgIpc) is 3.03. The predicted octanol–water partition coefficient (Wildman–Crippen LogP) is 2.14. The molecule has 3 amide bonds. The van der Waals surface area contributed by atoms with E-state index in [4.69, 9.17) is 5.11 Å². The molecule has 1 atom stereocenters. The van der Waals surface area contributed by atoms with Crippen molar-refractivity contribution in [2.75, 3.05) is 19.6 Å². The summed E-state index contributed by atoms with van der Waals surface area (Å²) in [5.74, 6) is -0.814. The molecule has 0 aromatic carbocycles. The summed E-state index contributed by atoms with van der Waals surface area (Å²) in [6.07, 6.45) is 2.71. The number of likely N-dealkylation sites (tertiary alicyclic amines) is 1. The monoisotopic (exact) mass is 379 g/mol. The molecule has 1 spiro atoms. The van der Waals surface area contributed by atoms with Gasteiger partial charge < -0.3 is 20.2 Å². The van der Waals surface area contributed by atoms with E-state index in [0.717, 1.165) is 19.3 Å². The van der Waals surface area contributed by atoms with E-state index >= 15 is 0 Å². The van der Waals surface area contributed by atoms with Crippen LogP contribution < -0.4 is 5.32 Å². The highest BCUT2D eigenvalue weighted by atomic mass is 32.1. The lowest BCUT2D eigenvalue weighted by Gasteiger charge is -2.34. The van der Waals surface area contributed by atoms with Crippen molar-refractivity contribution in [1.29, 1.82) is 0 Å². The van der Waals surface area contributed by atoms with Crippen LogP contribution in [0.3, 0.4) is 0 Å². The molecule has 2 aliphatic rings. The Bertz CT molecular complexity index is 668. The molecule has 7 nitrogen and oxygen atoms in total. The van der Waals surface area contributed by atoms with Crippen LogP contribution in [0, 0.1) is 5.41 Å². The number of amides is 3. The minimum Gasteiger partial charge on any atom is -0.481 e. The van der Waals surface area contributed by atoms with Crippen LogP contribution in [0.25, 0.3) is 0 Å². The average molecular weight is 379 g/mol. The molecule has 0 radical (unpaired) electrons. The van der Waals surface area contributed by atoms with Crippen LogP contribution in [0.1, 0.15) is 38.2 Å². The van der Waals surface area contributed by atoms with Crippen LogP contribution in [-0.2, 0) is 16.1 Å². The van der Waals surface area contributed by atoms with Crippen molar-refractivity contribution >= 4 is 29.2 Å². The Balaban J connectivity index is 1.50. The first-order valence-corrected chi connectivity index (χ1v) is 9.88. The molecule has 1 saturated heterocycles. The second-order valence-corrected chi connectivity index (χ2v) is 8.00. The second kappa shape index (κ2) is 7.65. The normalized spacial score (nSPS) is 20.7. The largest absolute Gasteiger partial charge is 0.481 e. The number of carboxylic acids is 1. The standard InChI is InChI=1S/C18H25N3O4S/c1-13(22)21(11-14-3-9-26-12-14)15-10-18(15)4-7-20(8-5-18)17(25)19-6-2-16(23)24/h3,9,12,15H,2,4-8,10-11H2,1H3,(H,19,25)(H,23,24). The maximum atomic E-state index is 12.1. The fraction of sp³-hybridized carbons (Fsp3) is 0.611. The summed E-state index contributed by atoms with van der Waals surface area (Å²) >= 11 is 1.64. The van der Waals surface area contributed by atoms with Crippen LogP contribution >= 0.6 is 11.3 Å².